The smallest absolute Gasteiger partial charge is 0.506 e. The highest BCUT2D eigenvalue weighted by Crippen LogP contribution is 2.37. The van der Waals surface area contributed by atoms with E-state index in [1.165, 1.54) is 0 Å². The van der Waals surface area contributed by atoms with Crippen molar-refractivity contribution < 1.29 is 19.7 Å². The second-order valence-corrected chi connectivity index (χ2v) is 6.61. The number of carboxylic acid groups (broad SMARTS) is 1. The monoisotopic (exact) mass is 422 g/mol. The predicted octanol–water partition coefficient (Wildman–Crippen LogP) is 4.47. The summed E-state index contributed by atoms with van der Waals surface area (Å²) in [7, 11) is 0. The van der Waals surface area contributed by atoms with Crippen LogP contribution in [0.5, 0.6) is 5.75 Å². The Morgan fingerprint density at radius 3 is 2.52 bits per heavy atom. The molecule has 2 N–H and O–H groups in total. The van der Waals surface area contributed by atoms with Crippen molar-refractivity contribution in [3.8, 4) is 30.0 Å². The van der Waals surface area contributed by atoms with Gasteiger partial charge in [0.2, 0.25) is 0 Å². The van der Waals surface area contributed by atoms with E-state index in [0.29, 0.717) is 17.7 Å². The molecular weight excluding hydrogens is 396 g/mol. The molecule has 0 amide bonds. The van der Waals surface area contributed by atoms with E-state index in [1.807, 2.05) is 26.8 Å². The van der Waals surface area contributed by atoms with Gasteiger partial charge in [0.1, 0.15) is 12.4 Å². The summed E-state index contributed by atoms with van der Waals surface area (Å²) in [6.45, 7) is 7.88. The Labute approximate surface area is 180 Å². The third kappa shape index (κ3) is 4.24. The lowest BCUT2D eigenvalue weighted by molar-refractivity contribution is 0.0848. The van der Waals surface area contributed by atoms with Gasteiger partial charge in [0, 0.05) is 10.9 Å². The fourth-order valence-electron chi connectivity index (χ4n) is 3.77. The number of aromatic hydroxyl groups is 1. The Kier molecular flexibility index (Phi) is 7.43. The summed E-state index contributed by atoms with van der Waals surface area (Å²) in [5, 5.41) is 19.5. The Morgan fingerprint density at radius 1 is 1.23 bits per heavy atom. The molecule has 31 heavy (non-hydrogen) atoms. The van der Waals surface area contributed by atoms with Crippen molar-refractivity contribution >= 4 is 17.1 Å². The molecule has 4 rings (SSSR count). The molecule has 0 radical (unpaired) electrons. The summed E-state index contributed by atoms with van der Waals surface area (Å²) < 4.78 is 6.22. The molecule has 7 nitrogen and oxygen atoms in total. The standard InChI is InChI=1S/C20H18N2O5.C2H6.C2H2/c1-3-12-13-7-11(23)4-5-16(13)21-18-14(12)8-22-17(18)6-10(2)15(19(22)24)9-27-20(25)26;2*1-2/h4-7,23H,3,8-9H2,1-2H3,(H,25,26);1-2H3;1-2H. The molecule has 1 aromatic carbocycles. The Bertz CT molecular complexity index is 1210. The molecule has 7 heteroatoms. The number of aryl methyl sites for hydroxylation is 2. The fourth-order valence-corrected chi connectivity index (χ4v) is 3.77. The number of aromatic nitrogens is 2. The zero-order valence-electron chi connectivity index (χ0n) is 18.1. The average molecular weight is 422 g/mol. The number of fused-ring (bicyclic) bond motifs is 4. The zero-order valence-corrected chi connectivity index (χ0v) is 18.1. The van der Waals surface area contributed by atoms with Crippen LogP contribution in [0, 0.1) is 19.8 Å². The lowest BCUT2D eigenvalue weighted by Crippen LogP contribution is -2.25. The van der Waals surface area contributed by atoms with Crippen LogP contribution < -0.4 is 5.56 Å². The normalized spacial score (nSPS) is 10.8. The molecule has 1 aliphatic heterocycles. The first-order valence-corrected chi connectivity index (χ1v) is 9.98. The van der Waals surface area contributed by atoms with Gasteiger partial charge < -0.3 is 19.5 Å². The molecule has 0 fully saturated rings. The number of phenolic OH excluding ortho intramolecular Hbond substituents is 1. The van der Waals surface area contributed by atoms with Crippen molar-refractivity contribution in [1.82, 2.24) is 9.55 Å². The van der Waals surface area contributed by atoms with Crippen LogP contribution in [0.25, 0.3) is 22.3 Å². The minimum absolute atomic E-state index is 0.176. The van der Waals surface area contributed by atoms with Crippen LogP contribution >= 0.6 is 0 Å². The van der Waals surface area contributed by atoms with Gasteiger partial charge in [-0.2, -0.15) is 0 Å². The zero-order chi connectivity index (χ0) is 23.3. The first-order valence-electron chi connectivity index (χ1n) is 9.98. The first-order chi connectivity index (χ1) is 14.9. The van der Waals surface area contributed by atoms with E-state index in [1.54, 1.807) is 29.7 Å². The van der Waals surface area contributed by atoms with E-state index in [4.69, 9.17) is 10.1 Å². The van der Waals surface area contributed by atoms with Crippen LogP contribution in [0.3, 0.4) is 0 Å². The quantitative estimate of drug-likeness (QED) is 0.373. The van der Waals surface area contributed by atoms with E-state index in [0.717, 1.165) is 39.8 Å². The first kappa shape index (κ1) is 23.5. The van der Waals surface area contributed by atoms with Gasteiger partial charge in [0.15, 0.2) is 0 Å². The highest BCUT2D eigenvalue weighted by Gasteiger charge is 2.27. The van der Waals surface area contributed by atoms with Crippen LogP contribution in [0.1, 0.15) is 43.0 Å². The van der Waals surface area contributed by atoms with Crippen LogP contribution in [0.2, 0.25) is 0 Å². The van der Waals surface area contributed by atoms with Crippen molar-refractivity contribution in [3.63, 3.8) is 0 Å². The fraction of sp³-hybridized carbons (Fsp3) is 0.292. The summed E-state index contributed by atoms with van der Waals surface area (Å²) in [5.74, 6) is 0.176. The van der Waals surface area contributed by atoms with Crippen LogP contribution in [-0.2, 0) is 24.3 Å². The number of rotatable bonds is 3. The van der Waals surface area contributed by atoms with Crippen molar-refractivity contribution in [3.05, 3.63) is 56.9 Å². The molecule has 3 heterocycles. The second-order valence-electron chi connectivity index (χ2n) is 6.61. The molecule has 0 aliphatic carbocycles. The molecule has 0 saturated heterocycles. The number of ether oxygens (including phenoxy) is 1. The average Bonchev–Trinajstić information content (AvgIpc) is 3.13. The SMILES string of the molecule is C#C.CC.CCc1c2c(nc3ccc(O)cc13)-c1cc(C)c(COC(=O)O)c(=O)n1C2. The summed E-state index contributed by atoms with van der Waals surface area (Å²) >= 11 is 0. The molecule has 0 atom stereocenters. The van der Waals surface area contributed by atoms with Gasteiger partial charge in [-0.25, -0.2) is 9.78 Å². The summed E-state index contributed by atoms with van der Waals surface area (Å²) in [4.78, 5) is 28.4. The number of carbonyl (C=O) groups is 1. The van der Waals surface area contributed by atoms with Gasteiger partial charge in [-0.3, -0.25) is 4.79 Å². The molecule has 162 valence electrons. The number of pyridine rings is 2. The molecule has 2 aromatic heterocycles. The minimum Gasteiger partial charge on any atom is -0.508 e. The highest BCUT2D eigenvalue weighted by atomic mass is 16.7. The van der Waals surface area contributed by atoms with E-state index in [9.17, 15) is 14.7 Å². The molecule has 3 aromatic rings. The van der Waals surface area contributed by atoms with E-state index in [-0.39, 0.29) is 17.9 Å². The van der Waals surface area contributed by atoms with Gasteiger partial charge in [-0.05, 0) is 48.7 Å². The molecule has 0 unspecified atom stereocenters. The number of benzene rings is 1. The lowest BCUT2D eigenvalue weighted by Gasteiger charge is -2.10. The lowest BCUT2D eigenvalue weighted by atomic mass is 9.98. The topological polar surface area (TPSA) is 102 Å². The Morgan fingerprint density at radius 2 is 1.90 bits per heavy atom. The van der Waals surface area contributed by atoms with Crippen molar-refractivity contribution in [1.29, 1.82) is 0 Å². The second kappa shape index (κ2) is 9.81. The summed E-state index contributed by atoms with van der Waals surface area (Å²) in [6.07, 6.45) is 7.32. The van der Waals surface area contributed by atoms with Crippen LogP contribution in [0.15, 0.2) is 29.1 Å². The highest BCUT2D eigenvalue weighted by molar-refractivity contribution is 5.89. The largest absolute Gasteiger partial charge is 0.508 e. The molecule has 1 aliphatic rings. The molecule has 0 bridgehead atoms. The number of hydrogen-bond donors (Lipinski definition) is 2. The van der Waals surface area contributed by atoms with Crippen LogP contribution in [0.4, 0.5) is 4.79 Å². The molecule has 0 saturated carbocycles. The number of terminal acetylenes is 1. The van der Waals surface area contributed by atoms with E-state index < -0.39 is 6.16 Å². The number of hydrogen-bond acceptors (Lipinski definition) is 5. The maximum Gasteiger partial charge on any atom is 0.506 e. The summed E-state index contributed by atoms with van der Waals surface area (Å²) in [6, 6.07) is 6.92. The van der Waals surface area contributed by atoms with Crippen molar-refractivity contribution in [2.75, 3.05) is 0 Å². The predicted molar refractivity (Wildman–Crippen MR) is 120 cm³/mol. The van der Waals surface area contributed by atoms with E-state index >= 15 is 0 Å². The van der Waals surface area contributed by atoms with Gasteiger partial charge in [-0.1, -0.05) is 20.8 Å². The third-order valence-corrected chi connectivity index (χ3v) is 5.06. The van der Waals surface area contributed by atoms with Gasteiger partial charge >= 0.3 is 6.16 Å². The maximum atomic E-state index is 12.9. The van der Waals surface area contributed by atoms with Gasteiger partial charge in [0.25, 0.3) is 5.56 Å². The minimum atomic E-state index is -1.41. The Balaban J connectivity index is 0.000000807. The van der Waals surface area contributed by atoms with Gasteiger partial charge in [0.05, 0.1) is 29.0 Å². The molecular formula is C24H26N2O5. The van der Waals surface area contributed by atoms with Gasteiger partial charge in [-0.15, -0.1) is 12.8 Å². The number of nitrogens with zero attached hydrogens (tertiary/aromatic N) is 2. The summed E-state index contributed by atoms with van der Waals surface area (Å²) in [5.41, 5.74) is 4.99. The van der Waals surface area contributed by atoms with E-state index in [2.05, 4.69) is 17.6 Å². The van der Waals surface area contributed by atoms with Crippen molar-refractivity contribution in [2.45, 2.75) is 47.3 Å². The van der Waals surface area contributed by atoms with Crippen molar-refractivity contribution in [2.24, 2.45) is 0 Å². The third-order valence-electron chi connectivity index (χ3n) is 5.06. The molecule has 0 spiro atoms. The maximum absolute atomic E-state index is 12.9. The Hall–Kier alpha value is -3.79. The number of phenols is 1. The van der Waals surface area contributed by atoms with Crippen LogP contribution in [-0.4, -0.2) is 25.9 Å².